The van der Waals surface area contributed by atoms with E-state index in [0.717, 1.165) is 25.7 Å². The number of unbranched alkanes of at least 4 members (excludes halogenated alkanes) is 1. The summed E-state index contributed by atoms with van der Waals surface area (Å²) in [6.45, 7) is 4.41. The SMILES string of the molecule is CCOC(=O)CCCCC(CC)c1ccc(F)cc1. The zero-order valence-electron chi connectivity index (χ0n) is 11.8. The van der Waals surface area contributed by atoms with Gasteiger partial charge in [-0.25, -0.2) is 4.39 Å². The highest BCUT2D eigenvalue weighted by Crippen LogP contribution is 2.25. The van der Waals surface area contributed by atoms with Crippen molar-refractivity contribution in [3.63, 3.8) is 0 Å². The maximum atomic E-state index is 12.9. The monoisotopic (exact) mass is 266 g/mol. The van der Waals surface area contributed by atoms with Crippen molar-refractivity contribution < 1.29 is 13.9 Å². The van der Waals surface area contributed by atoms with Gasteiger partial charge in [-0.1, -0.05) is 25.5 Å². The van der Waals surface area contributed by atoms with Crippen LogP contribution in [-0.2, 0) is 9.53 Å². The van der Waals surface area contributed by atoms with Crippen LogP contribution in [0.15, 0.2) is 24.3 Å². The van der Waals surface area contributed by atoms with Crippen LogP contribution in [0, 0.1) is 5.82 Å². The highest BCUT2D eigenvalue weighted by Gasteiger charge is 2.10. The Balaban J connectivity index is 2.33. The molecule has 0 bridgehead atoms. The van der Waals surface area contributed by atoms with Gasteiger partial charge >= 0.3 is 5.97 Å². The molecule has 0 N–H and O–H groups in total. The Hall–Kier alpha value is -1.38. The van der Waals surface area contributed by atoms with Crippen molar-refractivity contribution in [1.82, 2.24) is 0 Å². The van der Waals surface area contributed by atoms with Gasteiger partial charge in [-0.05, 0) is 49.8 Å². The Morgan fingerprint density at radius 2 is 1.89 bits per heavy atom. The second-order valence-electron chi connectivity index (χ2n) is 4.71. The highest BCUT2D eigenvalue weighted by molar-refractivity contribution is 5.69. The number of ether oxygens (including phenoxy) is 1. The summed E-state index contributed by atoms with van der Waals surface area (Å²) in [6.07, 6.45) is 4.41. The minimum absolute atomic E-state index is 0.114. The van der Waals surface area contributed by atoms with Crippen molar-refractivity contribution in [3.05, 3.63) is 35.6 Å². The first-order valence-electron chi connectivity index (χ1n) is 7.08. The van der Waals surface area contributed by atoms with Gasteiger partial charge in [0.15, 0.2) is 0 Å². The Kier molecular flexibility index (Phi) is 7.16. The number of esters is 1. The molecule has 3 heteroatoms. The summed E-state index contributed by atoms with van der Waals surface area (Å²) in [5, 5.41) is 0. The first-order valence-corrected chi connectivity index (χ1v) is 7.08. The maximum Gasteiger partial charge on any atom is 0.305 e. The number of carbonyl (C=O) groups excluding carboxylic acids is 1. The lowest BCUT2D eigenvalue weighted by Crippen LogP contribution is -2.04. The molecular weight excluding hydrogens is 243 g/mol. The Morgan fingerprint density at radius 1 is 1.21 bits per heavy atom. The molecule has 1 aromatic carbocycles. The molecule has 1 aromatic rings. The van der Waals surface area contributed by atoms with Crippen LogP contribution in [0.5, 0.6) is 0 Å². The minimum Gasteiger partial charge on any atom is -0.466 e. The van der Waals surface area contributed by atoms with Crippen molar-refractivity contribution >= 4 is 5.97 Å². The Morgan fingerprint density at radius 3 is 2.47 bits per heavy atom. The molecule has 0 fully saturated rings. The third-order valence-corrected chi connectivity index (χ3v) is 3.32. The average Bonchev–Trinajstić information content (AvgIpc) is 2.41. The molecular formula is C16H23FO2. The van der Waals surface area contributed by atoms with Gasteiger partial charge in [0.1, 0.15) is 5.82 Å². The zero-order valence-corrected chi connectivity index (χ0v) is 11.8. The molecule has 0 spiro atoms. The largest absolute Gasteiger partial charge is 0.466 e. The second-order valence-corrected chi connectivity index (χ2v) is 4.71. The van der Waals surface area contributed by atoms with Crippen LogP contribution in [-0.4, -0.2) is 12.6 Å². The van der Waals surface area contributed by atoms with Gasteiger partial charge in [-0.2, -0.15) is 0 Å². The van der Waals surface area contributed by atoms with Crippen molar-refractivity contribution in [3.8, 4) is 0 Å². The first kappa shape index (κ1) is 15.7. The molecule has 0 aliphatic heterocycles. The van der Waals surface area contributed by atoms with Crippen LogP contribution < -0.4 is 0 Å². The van der Waals surface area contributed by atoms with Crippen LogP contribution in [0.1, 0.15) is 57.4 Å². The predicted molar refractivity (Wildman–Crippen MR) is 74.5 cm³/mol. The molecule has 0 aromatic heterocycles. The molecule has 106 valence electrons. The number of hydrogen-bond donors (Lipinski definition) is 0. The summed E-state index contributed by atoms with van der Waals surface area (Å²) in [5.41, 5.74) is 1.18. The van der Waals surface area contributed by atoms with Gasteiger partial charge in [-0.15, -0.1) is 0 Å². The topological polar surface area (TPSA) is 26.3 Å². The van der Waals surface area contributed by atoms with E-state index in [1.165, 1.54) is 17.7 Å². The average molecular weight is 266 g/mol. The van der Waals surface area contributed by atoms with E-state index in [1.807, 2.05) is 19.1 Å². The molecule has 0 amide bonds. The van der Waals surface area contributed by atoms with Gasteiger partial charge in [0.05, 0.1) is 6.61 Å². The van der Waals surface area contributed by atoms with E-state index < -0.39 is 0 Å². The molecule has 0 saturated heterocycles. The molecule has 0 saturated carbocycles. The van der Waals surface area contributed by atoms with Gasteiger partial charge in [0.2, 0.25) is 0 Å². The number of benzene rings is 1. The van der Waals surface area contributed by atoms with Crippen LogP contribution in [0.3, 0.4) is 0 Å². The summed E-state index contributed by atoms with van der Waals surface area (Å²) in [6, 6.07) is 6.73. The van der Waals surface area contributed by atoms with Crippen LogP contribution in [0.2, 0.25) is 0 Å². The molecule has 1 unspecified atom stereocenters. The molecule has 0 aliphatic carbocycles. The fourth-order valence-corrected chi connectivity index (χ4v) is 2.23. The lowest BCUT2D eigenvalue weighted by atomic mass is 9.91. The predicted octanol–water partition coefficient (Wildman–Crippen LogP) is 4.44. The molecule has 0 heterocycles. The summed E-state index contributed by atoms with van der Waals surface area (Å²) in [7, 11) is 0. The fraction of sp³-hybridized carbons (Fsp3) is 0.562. The second kappa shape index (κ2) is 8.68. The quantitative estimate of drug-likeness (QED) is 0.513. The highest BCUT2D eigenvalue weighted by atomic mass is 19.1. The molecule has 0 aliphatic rings. The normalized spacial score (nSPS) is 12.2. The first-order chi connectivity index (χ1) is 9.17. The van der Waals surface area contributed by atoms with Crippen molar-refractivity contribution in [2.45, 2.75) is 51.9 Å². The molecule has 1 rings (SSSR count). The van der Waals surface area contributed by atoms with Crippen LogP contribution in [0.25, 0.3) is 0 Å². The van der Waals surface area contributed by atoms with Crippen molar-refractivity contribution in [2.75, 3.05) is 6.61 Å². The summed E-state index contributed by atoms with van der Waals surface area (Å²) >= 11 is 0. The summed E-state index contributed by atoms with van der Waals surface area (Å²) in [4.78, 5) is 11.2. The van der Waals surface area contributed by atoms with Crippen molar-refractivity contribution in [1.29, 1.82) is 0 Å². The fourth-order valence-electron chi connectivity index (χ4n) is 2.23. The number of carbonyl (C=O) groups is 1. The zero-order chi connectivity index (χ0) is 14.1. The van der Waals surface area contributed by atoms with E-state index in [0.29, 0.717) is 18.9 Å². The van der Waals surface area contributed by atoms with Crippen LogP contribution >= 0.6 is 0 Å². The van der Waals surface area contributed by atoms with Crippen LogP contribution in [0.4, 0.5) is 4.39 Å². The van der Waals surface area contributed by atoms with Gasteiger partial charge in [0.25, 0.3) is 0 Å². The number of halogens is 1. The van der Waals surface area contributed by atoms with Gasteiger partial charge < -0.3 is 4.74 Å². The Bertz CT molecular complexity index is 373. The van der Waals surface area contributed by atoms with Crippen molar-refractivity contribution in [2.24, 2.45) is 0 Å². The smallest absolute Gasteiger partial charge is 0.305 e. The molecule has 19 heavy (non-hydrogen) atoms. The minimum atomic E-state index is -0.194. The standard InChI is InChI=1S/C16H23FO2/c1-3-13(14-9-11-15(17)12-10-14)7-5-6-8-16(18)19-4-2/h9-13H,3-8H2,1-2H3. The van der Waals surface area contributed by atoms with E-state index in [-0.39, 0.29) is 11.8 Å². The van der Waals surface area contributed by atoms with E-state index in [1.54, 1.807) is 0 Å². The third-order valence-electron chi connectivity index (χ3n) is 3.32. The molecule has 0 radical (unpaired) electrons. The number of rotatable bonds is 8. The van der Waals surface area contributed by atoms with Gasteiger partial charge in [-0.3, -0.25) is 4.79 Å². The maximum absolute atomic E-state index is 12.9. The summed E-state index contributed by atoms with van der Waals surface area (Å²) < 4.78 is 17.8. The van der Waals surface area contributed by atoms with Gasteiger partial charge in [0, 0.05) is 6.42 Å². The third kappa shape index (κ3) is 5.86. The lowest BCUT2D eigenvalue weighted by Gasteiger charge is -2.15. The number of hydrogen-bond acceptors (Lipinski definition) is 2. The summed E-state index contributed by atoms with van der Waals surface area (Å²) in [5.74, 6) is 0.140. The van der Waals surface area contributed by atoms with E-state index in [2.05, 4.69) is 6.92 Å². The lowest BCUT2D eigenvalue weighted by molar-refractivity contribution is -0.143. The Labute approximate surface area is 115 Å². The molecule has 2 nitrogen and oxygen atoms in total. The van der Waals surface area contributed by atoms with E-state index in [9.17, 15) is 9.18 Å². The van der Waals surface area contributed by atoms with E-state index >= 15 is 0 Å². The van der Waals surface area contributed by atoms with E-state index in [4.69, 9.17) is 4.74 Å². The molecule has 1 atom stereocenters.